The molecule has 2 N–H and O–H groups in total. The maximum atomic E-state index is 10.4. The molecule has 0 bridgehead atoms. The number of phenols is 1. The fourth-order valence-electron chi connectivity index (χ4n) is 3.12. The van der Waals surface area contributed by atoms with E-state index in [0.717, 1.165) is 23.1 Å². The molecule has 0 radical (unpaired) electrons. The van der Waals surface area contributed by atoms with Crippen molar-refractivity contribution >= 4 is 10.9 Å². The van der Waals surface area contributed by atoms with Crippen LogP contribution < -0.4 is 0 Å². The van der Waals surface area contributed by atoms with Crippen molar-refractivity contribution in [2.45, 2.75) is 39.0 Å². The number of unbranched alkanes of at least 4 members (excludes halogenated alkanes) is 3. The van der Waals surface area contributed by atoms with Gasteiger partial charge in [0.05, 0.1) is 0 Å². The van der Waals surface area contributed by atoms with Gasteiger partial charge in [-0.2, -0.15) is 0 Å². The summed E-state index contributed by atoms with van der Waals surface area (Å²) >= 11 is 0. The summed E-state index contributed by atoms with van der Waals surface area (Å²) in [5.41, 5.74) is 4.42. The van der Waals surface area contributed by atoms with Crippen molar-refractivity contribution in [2.75, 3.05) is 0 Å². The van der Waals surface area contributed by atoms with Crippen LogP contribution in [0.3, 0.4) is 0 Å². The highest BCUT2D eigenvalue weighted by Gasteiger charge is 2.14. The van der Waals surface area contributed by atoms with Gasteiger partial charge in [0.15, 0.2) is 0 Å². The molecule has 2 nitrogen and oxygen atoms in total. The molecule has 0 spiro atoms. The molecule has 2 heteroatoms. The monoisotopic (exact) mass is 293 g/mol. The van der Waals surface area contributed by atoms with Gasteiger partial charge in [0.1, 0.15) is 5.75 Å². The third-order valence-electron chi connectivity index (χ3n) is 4.27. The van der Waals surface area contributed by atoms with E-state index in [1.807, 2.05) is 24.3 Å². The summed E-state index contributed by atoms with van der Waals surface area (Å²) in [5, 5.41) is 11.6. The molecular formula is C20H23NO. The Morgan fingerprint density at radius 3 is 2.55 bits per heavy atom. The van der Waals surface area contributed by atoms with Crippen molar-refractivity contribution in [2.24, 2.45) is 0 Å². The molecule has 0 atom stereocenters. The molecule has 1 aromatic heterocycles. The first-order chi connectivity index (χ1) is 10.8. The molecule has 0 amide bonds. The largest absolute Gasteiger partial charge is 0.507 e. The third kappa shape index (κ3) is 2.87. The van der Waals surface area contributed by atoms with Gasteiger partial charge < -0.3 is 10.1 Å². The first-order valence-corrected chi connectivity index (χ1v) is 8.18. The van der Waals surface area contributed by atoms with Gasteiger partial charge >= 0.3 is 0 Å². The van der Waals surface area contributed by atoms with Gasteiger partial charge in [0.2, 0.25) is 0 Å². The maximum absolute atomic E-state index is 10.4. The Kier molecular flexibility index (Phi) is 4.47. The summed E-state index contributed by atoms with van der Waals surface area (Å²) in [6, 6.07) is 13.9. The average Bonchev–Trinajstić information content (AvgIpc) is 2.95. The smallest absolute Gasteiger partial charge is 0.124 e. The van der Waals surface area contributed by atoms with Crippen LogP contribution in [0, 0.1) is 0 Å². The molecule has 2 aromatic carbocycles. The Morgan fingerprint density at radius 2 is 1.77 bits per heavy atom. The lowest BCUT2D eigenvalue weighted by molar-refractivity contribution is 0.478. The summed E-state index contributed by atoms with van der Waals surface area (Å²) < 4.78 is 0. The van der Waals surface area contributed by atoms with Crippen LogP contribution in [0.1, 0.15) is 38.2 Å². The highest BCUT2D eigenvalue weighted by Crippen LogP contribution is 2.38. The number of aryl methyl sites for hydroxylation is 1. The fourth-order valence-corrected chi connectivity index (χ4v) is 3.12. The quantitative estimate of drug-likeness (QED) is 0.565. The molecular weight excluding hydrogens is 270 g/mol. The summed E-state index contributed by atoms with van der Waals surface area (Å²) in [4.78, 5) is 3.36. The van der Waals surface area contributed by atoms with E-state index in [9.17, 15) is 5.11 Å². The van der Waals surface area contributed by atoms with Crippen molar-refractivity contribution in [3.63, 3.8) is 0 Å². The maximum Gasteiger partial charge on any atom is 0.124 e. The van der Waals surface area contributed by atoms with Crippen LogP contribution in [0.15, 0.2) is 48.7 Å². The molecule has 3 rings (SSSR count). The number of aromatic hydroxyl groups is 1. The molecule has 0 aliphatic rings. The topological polar surface area (TPSA) is 36.0 Å². The van der Waals surface area contributed by atoms with Gasteiger partial charge in [-0.1, -0.05) is 56.5 Å². The Morgan fingerprint density at radius 1 is 0.955 bits per heavy atom. The molecule has 0 aliphatic heterocycles. The van der Waals surface area contributed by atoms with Crippen molar-refractivity contribution < 1.29 is 5.11 Å². The van der Waals surface area contributed by atoms with Crippen molar-refractivity contribution in [3.05, 3.63) is 54.2 Å². The lowest BCUT2D eigenvalue weighted by Crippen LogP contribution is -1.87. The SMILES string of the molecule is CCCCCCc1c[nH]c2ccc(O)c(-c3ccccc3)c12. The number of aromatic amines is 1. The average molecular weight is 293 g/mol. The zero-order chi connectivity index (χ0) is 15.4. The number of nitrogens with one attached hydrogen (secondary N) is 1. The number of benzene rings is 2. The molecule has 1 heterocycles. The molecule has 0 unspecified atom stereocenters. The predicted molar refractivity (Wildman–Crippen MR) is 93.2 cm³/mol. The van der Waals surface area contributed by atoms with Gasteiger partial charge in [-0.25, -0.2) is 0 Å². The Balaban J connectivity index is 2.03. The minimum absolute atomic E-state index is 0.355. The summed E-state index contributed by atoms with van der Waals surface area (Å²) in [7, 11) is 0. The molecule has 0 aliphatic carbocycles. The van der Waals surface area contributed by atoms with E-state index in [2.05, 4.69) is 30.2 Å². The second-order valence-electron chi connectivity index (χ2n) is 5.87. The number of aromatic nitrogens is 1. The normalized spacial score (nSPS) is 11.1. The zero-order valence-electron chi connectivity index (χ0n) is 13.1. The summed E-state index contributed by atoms with van der Waals surface area (Å²) in [6.07, 6.45) is 8.17. The van der Waals surface area contributed by atoms with Gasteiger partial charge in [-0.15, -0.1) is 0 Å². The molecule has 0 saturated carbocycles. The van der Waals surface area contributed by atoms with E-state index in [1.165, 1.54) is 36.6 Å². The number of rotatable bonds is 6. The zero-order valence-corrected chi connectivity index (χ0v) is 13.1. The van der Waals surface area contributed by atoms with E-state index in [4.69, 9.17) is 0 Å². The van der Waals surface area contributed by atoms with Crippen molar-refractivity contribution in [3.8, 4) is 16.9 Å². The number of fused-ring (bicyclic) bond motifs is 1. The highest BCUT2D eigenvalue weighted by molar-refractivity contribution is 6.00. The Bertz CT molecular complexity index is 743. The van der Waals surface area contributed by atoms with Crippen molar-refractivity contribution in [1.82, 2.24) is 4.98 Å². The second kappa shape index (κ2) is 6.69. The molecule has 114 valence electrons. The van der Waals surface area contributed by atoms with Crippen LogP contribution in [0.5, 0.6) is 5.75 Å². The Labute approximate surface area is 131 Å². The molecule has 3 aromatic rings. The summed E-state index contributed by atoms with van der Waals surface area (Å²) in [6.45, 7) is 2.23. The van der Waals surface area contributed by atoms with Crippen LogP contribution in [0.25, 0.3) is 22.0 Å². The van der Waals surface area contributed by atoms with Crippen LogP contribution in [-0.2, 0) is 6.42 Å². The van der Waals surface area contributed by atoms with Crippen LogP contribution in [-0.4, -0.2) is 10.1 Å². The minimum atomic E-state index is 0.355. The molecule has 22 heavy (non-hydrogen) atoms. The minimum Gasteiger partial charge on any atom is -0.507 e. The predicted octanol–water partition coefficient (Wildman–Crippen LogP) is 5.66. The van der Waals surface area contributed by atoms with Gasteiger partial charge in [-0.3, -0.25) is 0 Å². The van der Waals surface area contributed by atoms with E-state index in [1.54, 1.807) is 6.07 Å². The summed E-state index contributed by atoms with van der Waals surface area (Å²) in [5.74, 6) is 0.355. The van der Waals surface area contributed by atoms with Crippen LogP contribution >= 0.6 is 0 Å². The van der Waals surface area contributed by atoms with Crippen LogP contribution in [0.4, 0.5) is 0 Å². The Hall–Kier alpha value is -2.22. The van der Waals surface area contributed by atoms with E-state index in [-0.39, 0.29) is 0 Å². The third-order valence-corrected chi connectivity index (χ3v) is 4.27. The van der Waals surface area contributed by atoms with Crippen LogP contribution in [0.2, 0.25) is 0 Å². The van der Waals surface area contributed by atoms with Gasteiger partial charge in [-0.05, 0) is 36.1 Å². The lowest BCUT2D eigenvalue weighted by Gasteiger charge is -2.09. The molecule has 0 saturated heterocycles. The fraction of sp³-hybridized carbons (Fsp3) is 0.300. The number of H-pyrrole nitrogens is 1. The first-order valence-electron chi connectivity index (χ1n) is 8.18. The number of hydrogen-bond acceptors (Lipinski definition) is 1. The van der Waals surface area contributed by atoms with E-state index in [0.29, 0.717) is 5.75 Å². The second-order valence-corrected chi connectivity index (χ2v) is 5.87. The van der Waals surface area contributed by atoms with E-state index >= 15 is 0 Å². The standard InChI is InChI=1S/C20H23NO/c1-2-3-4-6-11-16-14-21-17-12-13-18(22)20(19(16)17)15-9-7-5-8-10-15/h5,7-10,12-14,21-22H,2-4,6,11H2,1H3. The number of hydrogen-bond donors (Lipinski definition) is 2. The highest BCUT2D eigenvalue weighted by atomic mass is 16.3. The van der Waals surface area contributed by atoms with Gasteiger partial charge in [0, 0.05) is 22.7 Å². The lowest BCUT2D eigenvalue weighted by atomic mass is 9.96. The first kappa shape index (κ1) is 14.7. The van der Waals surface area contributed by atoms with Gasteiger partial charge in [0.25, 0.3) is 0 Å². The van der Waals surface area contributed by atoms with E-state index < -0.39 is 0 Å². The number of phenolic OH excluding ortho intramolecular Hbond substituents is 1. The molecule has 0 fully saturated rings. The van der Waals surface area contributed by atoms with Crippen molar-refractivity contribution in [1.29, 1.82) is 0 Å².